The van der Waals surface area contributed by atoms with E-state index >= 15 is 0 Å². The zero-order valence-corrected chi connectivity index (χ0v) is 9.27. The van der Waals surface area contributed by atoms with Gasteiger partial charge in [0.1, 0.15) is 17.5 Å². The molecule has 0 bridgehead atoms. The number of nitrogens with zero attached hydrogens (tertiary/aromatic N) is 2. The van der Waals surface area contributed by atoms with Gasteiger partial charge in [-0.15, -0.1) is 0 Å². The maximum absolute atomic E-state index is 11.4. The Morgan fingerprint density at radius 1 is 1.50 bits per heavy atom. The monoisotopic (exact) mass is 218 g/mol. The van der Waals surface area contributed by atoms with Crippen LogP contribution in [0.25, 0.3) is 5.65 Å². The lowest BCUT2D eigenvalue weighted by molar-refractivity contribution is -0.121. The maximum atomic E-state index is 11.4. The molecule has 0 aliphatic heterocycles. The number of carbonyl (C=O) groups excluding carboxylic acids is 1. The Morgan fingerprint density at radius 2 is 2.31 bits per heavy atom. The Bertz CT molecular complexity index is 505. The minimum Gasteiger partial charge on any atom is -0.360 e. The Labute approximate surface area is 93.5 Å². The number of pyridine rings is 1. The smallest absolute Gasteiger partial charge is 0.241 e. The van der Waals surface area contributed by atoms with Gasteiger partial charge in [0.25, 0.3) is 0 Å². The highest BCUT2D eigenvalue weighted by atomic mass is 16.2. The first-order valence-electron chi connectivity index (χ1n) is 5.12. The summed E-state index contributed by atoms with van der Waals surface area (Å²) in [5.41, 5.74) is 0.856. The van der Waals surface area contributed by atoms with Gasteiger partial charge in [0.15, 0.2) is 0 Å². The largest absolute Gasteiger partial charge is 0.360 e. The molecule has 2 heterocycles. The summed E-state index contributed by atoms with van der Waals surface area (Å²) in [6.07, 6.45) is 3.58. The predicted molar refractivity (Wildman–Crippen MR) is 62.3 cm³/mol. The number of fused-ring (bicyclic) bond motifs is 1. The molecule has 1 unspecified atom stereocenters. The first-order valence-corrected chi connectivity index (χ1v) is 5.12. The zero-order chi connectivity index (χ0) is 11.5. The van der Waals surface area contributed by atoms with Crippen molar-refractivity contribution in [1.29, 1.82) is 0 Å². The average Bonchev–Trinajstić information content (AvgIpc) is 2.77. The third kappa shape index (κ3) is 1.84. The molecule has 5 nitrogen and oxygen atoms in total. The van der Waals surface area contributed by atoms with Crippen LogP contribution in [0.1, 0.15) is 6.92 Å². The van der Waals surface area contributed by atoms with E-state index in [-0.39, 0.29) is 11.9 Å². The molecule has 2 N–H and O–H groups in total. The van der Waals surface area contributed by atoms with Gasteiger partial charge >= 0.3 is 0 Å². The van der Waals surface area contributed by atoms with Crippen LogP contribution in [0.2, 0.25) is 0 Å². The lowest BCUT2D eigenvalue weighted by Gasteiger charge is -2.14. The van der Waals surface area contributed by atoms with E-state index < -0.39 is 0 Å². The first-order chi connectivity index (χ1) is 7.72. The standard InChI is InChI=1S/C11H14N4O/c1-8(11(16)12-2)14-10-5-3-4-9-13-6-7-15(9)10/h3-8,14H,1-2H3,(H,12,16). The summed E-state index contributed by atoms with van der Waals surface area (Å²) in [4.78, 5) is 15.6. The molecule has 2 aromatic heterocycles. The van der Waals surface area contributed by atoms with Gasteiger partial charge in [0.05, 0.1) is 0 Å². The van der Waals surface area contributed by atoms with Crippen LogP contribution >= 0.6 is 0 Å². The highest BCUT2D eigenvalue weighted by molar-refractivity contribution is 5.83. The fourth-order valence-corrected chi connectivity index (χ4v) is 1.57. The fourth-order valence-electron chi connectivity index (χ4n) is 1.57. The normalized spacial score (nSPS) is 12.4. The molecule has 5 heteroatoms. The molecule has 0 radical (unpaired) electrons. The van der Waals surface area contributed by atoms with Crippen molar-refractivity contribution in [2.24, 2.45) is 0 Å². The van der Waals surface area contributed by atoms with Crippen LogP contribution in [-0.4, -0.2) is 28.4 Å². The average molecular weight is 218 g/mol. The molecule has 84 valence electrons. The molecule has 0 aliphatic rings. The van der Waals surface area contributed by atoms with Crippen LogP contribution in [0.15, 0.2) is 30.6 Å². The molecule has 2 aromatic rings. The number of rotatable bonds is 3. The quantitative estimate of drug-likeness (QED) is 0.804. The molecule has 0 fully saturated rings. The van der Waals surface area contributed by atoms with Gasteiger partial charge in [-0.25, -0.2) is 4.98 Å². The summed E-state index contributed by atoms with van der Waals surface area (Å²) in [5, 5.41) is 5.73. The van der Waals surface area contributed by atoms with Crippen molar-refractivity contribution in [1.82, 2.24) is 14.7 Å². The second kappa shape index (κ2) is 4.22. The van der Waals surface area contributed by atoms with Crippen molar-refractivity contribution in [3.05, 3.63) is 30.6 Å². The lowest BCUT2D eigenvalue weighted by Crippen LogP contribution is -2.35. The summed E-state index contributed by atoms with van der Waals surface area (Å²) in [7, 11) is 1.62. The number of hydrogen-bond donors (Lipinski definition) is 2. The summed E-state index contributed by atoms with van der Waals surface area (Å²) in [5.74, 6) is 0.809. The molecule has 16 heavy (non-hydrogen) atoms. The van der Waals surface area contributed by atoms with Gasteiger partial charge < -0.3 is 10.6 Å². The van der Waals surface area contributed by atoms with Crippen molar-refractivity contribution in [3.63, 3.8) is 0 Å². The van der Waals surface area contributed by atoms with Crippen LogP contribution < -0.4 is 10.6 Å². The second-order valence-electron chi connectivity index (χ2n) is 3.55. The van der Waals surface area contributed by atoms with E-state index in [4.69, 9.17) is 0 Å². The highest BCUT2D eigenvalue weighted by Crippen LogP contribution is 2.11. The summed E-state index contributed by atoms with van der Waals surface area (Å²) in [6.45, 7) is 1.81. The first kappa shape index (κ1) is 10.5. The Balaban J connectivity index is 2.27. The molecule has 0 aliphatic carbocycles. The van der Waals surface area contributed by atoms with E-state index in [1.54, 1.807) is 13.2 Å². The molecule has 2 rings (SSSR count). The van der Waals surface area contributed by atoms with E-state index in [0.29, 0.717) is 0 Å². The van der Waals surface area contributed by atoms with Crippen LogP contribution in [0.4, 0.5) is 5.82 Å². The van der Waals surface area contributed by atoms with Crippen molar-refractivity contribution >= 4 is 17.4 Å². The topological polar surface area (TPSA) is 58.4 Å². The minimum absolute atomic E-state index is 0.0443. The summed E-state index contributed by atoms with van der Waals surface area (Å²) in [6, 6.07) is 5.45. The van der Waals surface area contributed by atoms with Crippen molar-refractivity contribution in [2.75, 3.05) is 12.4 Å². The number of imidazole rings is 1. The van der Waals surface area contributed by atoms with Gasteiger partial charge in [-0.05, 0) is 19.1 Å². The molecule has 0 saturated heterocycles. The predicted octanol–water partition coefficient (Wildman–Crippen LogP) is 0.881. The molecular formula is C11H14N4O. The van der Waals surface area contributed by atoms with E-state index in [9.17, 15) is 4.79 Å². The van der Waals surface area contributed by atoms with E-state index in [0.717, 1.165) is 11.5 Å². The van der Waals surface area contributed by atoms with Crippen LogP contribution in [-0.2, 0) is 4.79 Å². The Hall–Kier alpha value is -2.04. The van der Waals surface area contributed by atoms with Gasteiger partial charge in [0.2, 0.25) is 5.91 Å². The van der Waals surface area contributed by atoms with Gasteiger partial charge in [-0.1, -0.05) is 6.07 Å². The lowest BCUT2D eigenvalue weighted by atomic mass is 10.3. The number of carbonyl (C=O) groups is 1. The van der Waals surface area contributed by atoms with Crippen molar-refractivity contribution < 1.29 is 4.79 Å². The zero-order valence-electron chi connectivity index (χ0n) is 9.27. The number of nitrogens with one attached hydrogen (secondary N) is 2. The van der Waals surface area contributed by atoms with Gasteiger partial charge in [-0.2, -0.15) is 0 Å². The summed E-state index contributed by atoms with van der Waals surface area (Å²) < 4.78 is 1.90. The van der Waals surface area contributed by atoms with E-state index in [1.165, 1.54) is 0 Å². The Kier molecular flexibility index (Phi) is 2.76. The third-order valence-electron chi connectivity index (χ3n) is 2.43. The van der Waals surface area contributed by atoms with Crippen molar-refractivity contribution in [3.8, 4) is 0 Å². The van der Waals surface area contributed by atoms with Gasteiger partial charge in [0, 0.05) is 19.4 Å². The van der Waals surface area contributed by atoms with Crippen molar-refractivity contribution in [2.45, 2.75) is 13.0 Å². The number of likely N-dealkylation sites (N-methyl/N-ethyl adjacent to an activating group) is 1. The molecule has 1 amide bonds. The SMILES string of the molecule is CNC(=O)C(C)Nc1cccc2nccn12. The van der Waals surface area contributed by atoms with Gasteiger partial charge in [-0.3, -0.25) is 9.20 Å². The Morgan fingerprint density at radius 3 is 3.06 bits per heavy atom. The third-order valence-corrected chi connectivity index (χ3v) is 2.43. The second-order valence-corrected chi connectivity index (χ2v) is 3.55. The van der Waals surface area contributed by atoms with Crippen LogP contribution in [0.5, 0.6) is 0 Å². The van der Waals surface area contributed by atoms with E-state index in [1.807, 2.05) is 35.7 Å². The maximum Gasteiger partial charge on any atom is 0.241 e. The fraction of sp³-hybridized carbons (Fsp3) is 0.273. The number of hydrogen-bond acceptors (Lipinski definition) is 3. The van der Waals surface area contributed by atoms with Crippen LogP contribution in [0.3, 0.4) is 0 Å². The highest BCUT2D eigenvalue weighted by Gasteiger charge is 2.11. The summed E-state index contributed by atoms with van der Waals surface area (Å²) >= 11 is 0. The van der Waals surface area contributed by atoms with Crippen LogP contribution in [0, 0.1) is 0 Å². The number of amides is 1. The number of anilines is 1. The molecular weight excluding hydrogens is 204 g/mol. The molecule has 1 atom stereocenters. The minimum atomic E-state index is -0.280. The molecule has 0 spiro atoms. The molecule has 0 aromatic carbocycles. The number of aromatic nitrogens is 2. The van der Waals surface area contributed by atoms with E-state index in [2.05, 4.69) is 15.6 Å². The molecule has 0 saturated carbocycles.